The van der Waals surface area contributed by atoms with Crippen molar-refractivity contribution in [1.82, 2.24) is 5.32 Å². The van der Waals surface area contributed by atoms with Gasteiger partial charge in [0.05, 0.1) is 6.42 Å². The first-order valence-corrected chi connectivity index (χ1v) is 5.02. The average Bonchev–Trinajstić information content (AvgIpc) is 2.30. The van der Waals surface area contributed by atoms with Gasteiger partial charge in [-0.05, 0) is 33.7 Å². The van der Waals surface area contributed by atoms with Crippen LogP contribution in [0.3, 0.4) is 0 Å². The fraction of sp³-hybridized carbons (Fsp3) is 0.900. The van der Waals surface area contributed by atoms with Crippen LogP contribution in [0, 0.1) is 0 Å². The minimum absolute atomic E-state index is 0.205. The van der Waals surface area contributed by atoms with Crippen LogP contribution in [0.4, 0.5) is 0 Å². The van der Waals surface area contributed by atoms with Gasteiger partial charge in [-0.1, -0.05) is 0 Å². The van der Waals surface area contributed by atoms with Crippen LogP contribution in [-0.4, -0.2) is 30.2 Å². The summed E-state index contributed by atoms with van der Waals surface area (Å²) in [5.74, 6) is -0.205. The van der Waals surface area contributed by atoms with Gasteiger partial charge in [0.2, 0.25) is 0 Å². The van der Waals surface area contributed by atoms with Gasteiger partial charge in [-0.15, -0.1) is 0 Å². The third kappa shape index (κ3) is 3.64. The molecule has 1 unspecified atom stereocenters. The second-order valence-corrected chi connectivity index (χ2v) is 5.05. The molecule has 1 aliphatic rings. The average molecular weight is 200 g/mol. The van der Waals surface area contributed by atoms with Crippen LogP contribution >= 0.6 is 0 Å². The lowest BCUT2D eigenvalue weighted by molar-refractivity contribution is -0.156. The van der Waals surface area contributed by atoms with Gasteiger partial charge < -0.3 is 15.8 Å². The van der Waals surface area contributed by atoms with Crippen molar-refractivity contribution in [3.05, 3.63) is 0 Å². The first kappa shape index (κ1) is 11.5. The zero-order valence-electron chi connectivity index (χ0n) is 9.22. The maximum absolute atomic E-state index is 11.5. The minimum Gasteiger partial charge on any atom is -0.460 e. The Hall–Kier alpha value is -0.610. The molecule has 1 heterocycles. The Morgan fingerprint density at radius 1 is 1.57 bits per heavy atom. The van der Waals surface area contributed by atoms with Crippen LogP contribution in [-0.2, 0) is 9.53 Å². The third-order valence-corrected chi connectivity index (χ3v) is 2.19. The molecule has 1 fully saturated rings. The van der Waals surface area contributed by atoms with Crippen molar-refractivity contribution in [2.75, 3.05) is 13.1 Å². The zero-order valence-corrected chi connectivity index (χ0v) is 9.22. The summed E-state index contributed by atoms with van der Waals surface area (Å²) in [4.78, 5) is 11.5. The highest BCUT2D eigenvalue weighted by atomic mass is 16.6. The molecule has 0 aliphatic carbocycles. The molecular formula is C10H20N2O2. The molecule has 0 aromatic heterocycles. The van der Waals surface area contributed by atoms with Crippen molar-refractivity contribution in [2.45, 2.75) is 44.8 Å². The second kappa shape index (κ2) is 3.87. The van der Waals surface area contributed by atoms with Crippen LogP contribution in [0.25, 0.3) is 0 Å². The normalized spacial score (nSPS) is 27.7. The van der Waals surface area contributed by atoms with Crippen LogP contribution in [0.1, 0.15) is 33.6 Å². The molecule has 14 heavy (non-hydrogen) atoms. The van der Waals surface area contributed by atoms with Gasteiger partial charge in [0.25, 0.3) is 0 Å². The highest BCUT2D eigenvalue weighted by Gasteiger charge is 2.33. The summed E-state index contributed by atoms with van der Waals surface area (Å²) in [6, 6.07) is 0. The number of nitrogens with two attached hydrogens (primary N) is 1. The van der Waals surface area contributed by atoms with Crippen LogP contribution in [0.15, 0.2) is 0 Å². The SMILES string of the molecule is CC(C)(C)OC(=O)CC1(N)CCNC1. The first-order valence-electron chi connectivity index (χ1n) is 5.02. The van der Waals surface area contributed by atoms with Crippen molar-refractivity contribution in [3.8, 4) is 0 Å². The smallest absolute Gasteiger partial charge is 0.308 e. The van der Waals surface area contributed by atoms with Gasteiger partial charge in [-0.3, -0.25) is 4.79 Å². The van der Waals surface area contributed by atoms with E-state index < -0.39 is 11.1 Å². The number of esters is 1. The fourth-order valence-corrected chi connectivity index (χ4v) is 1.58. The Morgan fingerprint density at radius 2 is 2.21 bits per heavy atom. The monoisotopic (exact) mass is 200 g/mol. The van der Waals surface area contributed by atoms with E-state index in [4.69, 9.17) is 10.5 Å². The lowest BCUT2D eigenvalue weighted by atomic mass is 9.96. The summed E-state index contributed by atoms with van der Waals surface area (Å²) in [5.41, 5.74) is 5.20. The van der Waals surface area contributed by atoms with E-state index in [9.17, 15) is 4.79 Å². The molecule has 4 heteroatoms. The van der Waals surface area contributed by atoms with E-state index in [1.165, 1.54) is 0 Å². The summed E-state index contributed by atoms with van der Waals surface area (Å²) >= 11 is 0. The highest BCUT2D eigenvalue weighted by molar-refractivity contribution is 5.71. The van der Waals surface area contributed by atoms with E-state index in [0.29, 0.717) is 13.0 Å². The lowest BCUT2D eigenvalue weighted by Gasteiger charge is -2.25. The van der Waals surface area contributed by atoms with Gasteiger partial charge in [-0.25, -0.2) is 0 Å². The molecule has 0 aromatic carbocycles. The van der Waals surface area contributed by atoms with Gasteiger partial charge >= 0.3 is 5.97 Å². The number of hydrogen-bond donors (Lipinski definition) is 2. The molecule has 4 nitrogen and oxygen atoms in total. The van der Waals surface area contributed by atoms with E-state index >= 15 is 0 Å². The molecule has 0 saturated carbocycles. The Balaban J connectivity index is 2.40. The number of hydrogen-bond acceptors (Lipinski definition) is 4. The van der Waals surface area contributed by atoms with E-state index in [-0.39, 0.29) is 5.97 Å². The van der Waals surface area contributed by atoms with E-state index in [1.807, 2.05) is 20.8 Å². The van der Waals surface area contributed by atoms with Gasteiger partial charge in [0.1, 0.15) is 5.60 Å². The maximum Gasteiger partial charge on any atom is 0.308 e. The first-order chi connectivity index (χ1) is 6.31. The lowest BCUT2D eigenvalue weighted by Crippen LogP contribution is -2.45. The standard InChI is InChI=1S/C10H20N2O2/c1-9(2,3)14-8(13)6-10(11)4-5-12-7-10/h12H,4-7,11H2,1-3H3. The maximum atomic E-state index is 11.5. The predicted molar refractivity (Wildman–Crippen MR) is 54.9 cm³/mol. The number of carbonyl (C=O) groups is 1. The van der Waals surface area contributed by atoms with Crippen molar-refractivity contribution in [3.63, 3.8) is 0 Å². The molecule has 1 atom stereocenters. The number of rotatable bonds is 2. The number of ether oxygens (including phenoxy) is 1. The summed E-state index contributed by atoms with van der Waals surface area (Å²) in [7, 11) is 0. The quantitative estimate of drug-likeness (QED) is 0.634. The molecule has 0 radical (unpaired) electrons. The topological polar surface area (TPSA) is 64.3 Å². The molecule has 1 rings (SSSR count). The fourth-order valence-electron chi connectivity index (χ4n) is 1.58. The van der Waals surface area contributed by atoms with Gasteiger partial charge in [0, 0.05) is 12.1 Å². The molecule has 82 valence electrons. The van der Waals surface area contributed by atoms with E-state index in [1.54, 1.807) is 0 Å². The third-order valence-electron chi connectivity index (χ3n) is 2.19. The van der Waals surface area contributed by atoms with E-state index in [2.05, 4.69) is 5.32 Å². The molecule has 0 aromatic rings. The van der Waals surface area contributed by atoms with Crippen LogP contribution in [0.5, 0.6) is 0 Å². The molecule has 1 saturated heterocycles. The Bertz CT molecular complexity index is 215. The largest absolute Gasteiger partial charge is 0.460 e. The number of carbonyl (C=O) groups excluding carboxylic acids is 1. The highest BCUT2D eigenvalue weighted by Crippen LogP contribution is 2.18. The van der Waals surface area contributed by atoms with Crippen LogP contribution in [0.2, 0.25) is 0 Å². The van der Waals surface area contributed by atoms with Crippen LogP contribution < -0.4 is 11.1 Å². The van der Waals surface area contributed by atoms with Gasteiger partial charge in [-0.2, -0.15) is 0 Å². The second-order valence-electron chi connectivity index (χ2n) is 5.05. The Kier molecular flexibility index (Phi) is 3.17. The number of nitrogens with one attached hydrogen (secondary N) is 1. The summed E-state index contributed by atoms with van der Waals surface area (Å²) in [6.45, 7) is 7.18. The van der Waals surface area contributed by atoms with Crippen molar-refractivity contribution < 1.29 is 9.53 Å². The Labute approximate surface area is 85.2 Å². The summed E-state index contributed by atoms with van der Waals surface area (Å²) in [5, 5.41) is 3.15. The summed E-state index contributed by atoms with van der Waals surface area (Å²) in [6.07, 6.45) is 1.14. The van der Waals surface area contributed by atoms with Gasteiger partial charge in [0.15, 0.2) is 0 Å². The molecule has 0 spiro atoms. The summed E-state index contributed by atoms with van der Waals surface area (Å²) < 4.78 is 5.22. The van der Waals surface area contributed by atoms with Crippen molar-refractivity contribution in [1.29, 1.82) is 0 Å². The van der Waals surface area contributed by atoms with Crippen molar-refractivity contribution in [2.24, 2.45) is 5.73 Å². The molecule has 3 N–H and O–H groups in total. The Morgan fingerprint density at radius 3 is 2.64 bits per heavy atom. The zero-order chi connectivity index (χ0) is 10.8. The molecular weight excluding hydrogens is 180 g/mol. The molecule has 0 bridgehead atoms. The predicted octanol–water partition coefficient (Wildman–Crippen LogP) is 0.409. The molecule has 0 amide bonds. The molecule has 1 aliphatic heterocycles. The van der Waals surface area contributed by atoms with E-state index in [0.717, 1.165) is 13.0 Å². The minimum atomic E-state index is -0.417. The van der Waals surface area contributed by atoms with Crippen molar-refractivity contribution >= 4 is 5.97 Å².